The fraction of sp³-hybridized carbons (Fsp3) is 0.385. The maximum Gasteiger partial charge on any atom is 0.305 e. The Kier molecular flexibility index (Phi) is 3.62. The lowest BCUT2D eigenvalue weighted by molar-refractivity contribution is -0.139. The minimum absolute atomic E-state index is 0.315. The first-order chi connectivity index (χ1) is 8.59. The van der Waals surface area contributed by atoms with Gasteiger partial charge >= 0.3 is 5.97 Å². The van der Waals surface area contributed by atoms with E-state index in [0.29, 0.717) is 6.54 Å². The summed E-state index contributed by atoms with van der Waals surface area (Å²) in [6.45, 7) is 0.600. The van der Waals surface area contributed by atoms with Crippen LogP contribution in [0.25, 0.3) is 0 Å². The Labute approximate surface area is 105 Å². The van der Waals surface area contributed by atoms with Gasteiger partial charge in [-0.1, -0.05) is 18.2 Å². The van der Waals surface area contributed by atoms with E-state index in [4.69, 9.17) is 10.8 Å². The van der Waals surface area contributed by atoms with Gasteiger partial charge in [0, 0.05) is 12.2 Å². The number of benzene rings is 1. The second-order valence-electron chi connectivity index (χ2n) is 4.43. The van der Waals surface area contributed by atoms with E-state index in [1.807, 2.05) is 24.3 Å². The van der Waals surface area contributed by atoms with E-state index in [0.717, 1.165) is 24.1 Å². The Morgan fingerprint density at radius 3 is 2.83 bits per heavy atom. The molecule has 0 saturated heterocycles. The molecule has 0 bridgehead atoms. The van der Waals surface area contributed by atoms with Crippen molar-refractivity contribution >= 4 is 17.6 Å². The Morgan fingerprint density at radius 2 is 2.11 bits per heavy atom. The van der Waals surface area contributed by atoms with Gasteiger partial charge in [-0.05, 0) is 24.5 Å². The molecule has 0 aromatic heterocycles. The van der Waals surface area contributed by atoms with Gasteiger partial charge in [-0.15, -0.1) is 0 Å². The maximum absolute atomic E-state index is 12.1. The highest BCUT2D eigenvalue weighted by Crippen LogP contribution is 2.27. The largest absolute Gasteiger partial charge is 0.481 e. The minimum Gasteiger partial charge on any atom is -0.481 e. The van der Waals surface area contributed by atoms with Gasteiger partial charge in [0.1, 0.15) is 0 Å². The molecule has 0 aliphatic carbocycles. The van der Waals surface area contributed by atoms with Crippen molar-refractivity contribution < 1.29 is 14.7 Å². The maximum atomic E-state index is 12.1. The number of carbonyl (C=O) groups excluding carboxylic acids is 1. The van der Waals surface area contributed by atoms with Gasteiger partial charge in [0.15, 0.2) is 0 Å². The molecule has 0 radical (unpaired) electrons. The Hall–Kier alpha value is -1.88. The van der Waals surface area contributed by atoms with Crippen LogP contribution in [0.4, 0.5) is 5.69 Å². The molecule has 0 fully saturated rings. The standard InChI is InChI=1S/C13H16N2O3/c14-10(8-12(16)17)13(18)15-7-3-5-9-4-1-2-6-11(9)15/h1-2,4,6,10H,3,5,7-8,14H2,(H,16,17). The molecule has 5 nitrogen and oxygen atoms in total. The summed E-state index contributed by atoms with van der Waals surface area (Å²) in [6, 6.07) is 6.68. The van der Waals surface area contributed by atoms with E-state index < -0.39 is 12.0 Å². The predicted molar refractivity (Wildman–Crippen MR) is 67.3 cm³/mol. The van der Waals surface area contributed by atoms with Crippen LogP contribution in [0.15, 0.2) is 24.3 Å². The average molecular weight is 248 g/mol. The van der Waals surface area contributed by atoms with Gasteiger partial charge in [-0.2, -0.15) is 0 Å². The van der Waals surface area contributed by atoms with E-state index in [1.165, 1.54) is 0 Å². The topological polar surface area (TPSA) is 83.6 Å². The summed E-state index contributed by atoms with van der Waals surface area (Å²) in [5.41, 5.74) is 7.60. The molecule has 2 rings (SSSR count). The molecule has 1 aromatic rings. The lowest BCUT2D eigenvalue weighted by Crippen LogP contribution is -2.46. The summed E-state index contributed by atoms with van der Waals surface area (Å²) in [5.74, 6) is -1.37. The van der Waals surface area contributed by atoms with Crippen molar-refractivity contribution in [2.24, 2.45) is 5.73 Å². The number of nitrogens with two attached hydrogens (primary N) is 1. The zero-order valence-corrected chi connectivity index (χ0v) is 10.0. The number of hydrogen-bond donors (Lipinski definition) is 2. The number of carboxylic acids is 1. The van der Waals surface area contributed by atoms with Crippen molar-refractivity contribution in [2.45, 2.75) is 25.3 Å². The molecule has 5 heteroatoms. The number of para-hydroxylation sites is 1. The number of nitrogens with zero attached hydrogens (tertiary/aromatic N) is 1. The molecule has 1 heterocycles. The van der Waals surface area contributed by atoms with Gasteiger partial charge in [0.25, 0.3) is 0 Å². The number of fused-ring (bicyclic) bond motifs is 1. The number of hydrogen-bond acceptors (Lipinski definition) is 3. The number of aliphatic carboxylic acids is 1. The zero-order valence-electron chi connectivity index (χ0n) is 10.0. The Bertz CT molecular complexity index is 473. The van der Waals surface area contributed by atoms with E-state index in [-0.39, 0.29) is 12.3 Å². The SMILES string of the molecule is NC(CC(=O)O)C(=O)N1CCCc2ccccc21. The Morgan fingerprint density at radius 1 is 1.39 bits per heavy atom. The van der Waals surface area contributed by atoms with Crippen LogP contribution >= 0.6 is 0 Å². The van der Waals surface area contributed by atoms with Crippen molar-refractivity contribution in [3.05, 3.63) is 29.8 Å². The fourth-order valence-electron chi connectivity index (χ4n) is 2.24. The van der Waals surface area contributed by atoms with Gasteiger partial charge in [-0.3, -0.25) is 9.59 Å². The average Bonchev–Trinajstić information content (AvgIpc) is 2.36. The van der Waals surface area contributed by atoms with Gasteiger partial charge in [-0.25, -0.2) is 0 Å². The second kappa shape index (κ2) is 5.18. The molecule has 1 amide bonds. The normalized spacial score (nSPS) is 15.9. The predicted octanol–water partition coefficient (Wildman–Crippen LogP) is 0.768. The van der Waals surface area contributed by atoms with Crippen LogP contribution in [-0.4, -0.2) is 29.6 Å². The van der Waals surface area contributed by atoms with Crippen molar-refractivity contribution in [1.29, 1.82) is 0 Å². The van der Waals surface area contributed by atoms with Crippen molar-refractivity contribution in [2.75, 3.05) is 11.4 Å². The summed E-state index contributed by atoms with van der Waals surface area (Å²) >= 11 is 0. The number of rotatable bonds is 3. The summed E-state index contributed by atoms with van der Waals surface area (Å²) < 4.78 is 0. The quantitative estimate of drug-likeness (QED) is 0.827. The number of amides is 1. The molecule has 3 N–H and O–H groups in total. The smallest absolute Gasteiger partial charge is 0.305 e. The van der Waals surface area contributed by atoms with E-state index in [9.17, 15) is 9.59 Å². The minimum atomic E-state index is -1.05. The summed E-state index contributed by atoms with van der Waals surface area (Å²) in [7, 11) is 0. The fourth-order valence-corrected chi connectivity index (χ4v) is 2.24. The van der Waals surface area contributed by atoms with Crippen molar-refractivity contribution in [3.8, 4) is 0 Å². The molecular weight excluding hydrogens is 232 g/mol. The molecular formula is C13H16N2O3. The third-order valence-electron chi connectivity index (χ3n) is 3.09. The first-order valence-electron chi connectivity index (χ1n) is 5.96. The third-order valence-corrected chi connectivity index (χ3v) is 3.09. The molecule has 1 aromatic carbocycles. The van der Waals surface area contributed by atoms with Crippen LogP contribution in [0.1, 0.15) is 18.4 Å². The van der Waals surface area contributed by atoms with E-state index in [1.54, 1.807) is 4.90 Å². The van der Waals surface area contributed by atoms with Crippen LogP contribution in [0.3, 0.4) is 0 Å². The molecule has 18 heavy (non-hydrogen) atoms. The van der Waals surface area contributed by atoms with Gasteiger partial charge in [0.05, 0.1) is 12.5 Å². The van der Waals surface area contributed by atoms with Crippen LogP contribution in [0.5, 0.6) is 0 Å². The lowest BCUT2D eigenvalue weighted by atomic mass is 10.0. The second-order valence-corrected chi connectivity index (χ2v) is 4.43. The first-order valence-corrected chi connectivity index (χ1v) is 5.96. The first kappa shape index (κ1) is 12.6. The highest BCUT2D eigenvalue weighted by atomic mass is 16.4. The van der Waals surface area contributed by atoms with Crippen molar-refractivity contribution in [3.63, 3.8) is 0 Å². The number of carboxylic acid groups (broad SMARTS) is 1. The van der Waals surface area contributed by atoms with Crippen LogP contribution in [0.2, 0.25) is 0 Å². The highest BCUT2D eigenvalue weighted by molar-refractivity contribution is 5.99. The highest BCUT2D eigenvalue weighted by Gasteiger charge is 2.27. The van der Waals surface area contributed by atoms with E-state index in [2.05, 4.69) is 0 Å². The van der Waals surface area contributed by atoms with Crippen molar-refractivity contribution in [1.82, 2.24) is 0 Å². The Balaban J connectivity index is 2.20. The molecule has 1 aliphatic rings. The number of aryl methyl sites for hydroxylation is 1. The number of anilines is 1. The molecule has 0 spiro atoms. The van der Waals surface area contributed by atoms with Gasteiger partial charge < -0.3 is 15.7 Å². The van der Waals surface area contributed by atoms with Gasteiger partial charge in [0.2, 0.25) is 5.91 Å². The molecule has 1 aliphatic heterocycles. The molecule has 0 saturated carbocycles. The summed E-state index contributed by atoms with van der Waals surface area (Å²) in [6.07, 6.45) is 1.48. The zero-order chi connectivity index (χ0) is 13.1. The summed E-state index contributed by atoms with van der Waals surface area (Å²) in [5, 5.41) is 8.68. The lowest BCUT2D eigenvalue weighted by Gasteiger charge is -2.31. The molecule has 1 atom stereocenters. The van der Waals surface area contributed by atoms with E-state index >= 15 is 0 Å². The number of carbonyl (C=O) groups is 2. The van der Waals surface area contributed by atoms with Crippen LogP contribution in [-0.2, 0) is 16.0 Å². The molecule has 1 unspecified atom stereocenters. The summed E-state index contributed by atoms with van der Waals surface area (Å²) in [4.78, 5) is 24.3. The monoisotopic (exact) mass is 248 g/mol. The van der Waals surface area contributed by atoms with Crippen LogP contribution in [0, 0.1) is 0 Å². The van der Waals surface area contributed by atoms with Crippen LogP contribution < -0.4 is 10.6 Å². The third kappa shape index (κ3) is 2.51. The molecule has 96 valence electrons.